The highest BCUT2D eigenvalue weighted by molar-refractivity contribution is 5.79. The zero-order valence-corrected chi connectivity index (χ0v) is 7.43. The molecule has 0 amide bonds. The molecule has 64 valence electrons. The van der Waals surface area contributed by atoms with E-state index in [-0.39, 0.29) is 0 Å². The minimum atomic E-state index is 0.376. The Hall–Kier alpha value is -0.530. The lowest BCUT2D eigenvalue weighted by Gasteiger charge is -2.31. The van der Waals surface area contributed by atoms with E-state index < -0.39 is 0 Å². The first-order valence-corrected chi connectivity index (χ1v) is 4.45. The molecule has 1 aliphatic carbocycles. The third kappa shape index (κ3) is 1.95. The second-order valence-electron chi connectivity index (χ2n) is 3.92. The lowest BCUT2D eigenvalue weighted by Crippen LogP contribution is -2.30. The van der Waals surface area contributed by atoms with Crippen molar-refractivity contribution in [1.29, 1.82) is 5.41 Å². The van der Waals surface area contributed by atoms with Crippen LogP contribution in [0.25, 0.3) is 0 Å². The molecule has 0 spiro atoms. The first kappa shape index (κ1) is 8.57. The van der Waals surface area contributed by atoms with E-state index in [4.69, 9.17) is 11.1 Å². The topological polar surface area (TPSA) is 49.9 Å². The van der Waals surface area contributed by atoms with Crippen molar-refractivity contribution in [2.24, 2.45) is 23.5 Å². The van der Waals surface area contributed by atoms with Crippen LogP contribution in [-0.2, 0) is 0 Å². The van der Waals surface area contributed by atoms with E-state index in [2.05, 4.69) is 13.8 Å². The molecular weight excluding hydrogens is 136 g/mol. The summed E-state index contributed by atoms with van der Waals surface area (Å²) in [5, 5.41) is 7.32. The summed E-state index contributed by atoms with van der Waals surface area (Å²) in [4.78, 5) is 0. The van der Waals surface area contributed by atoms with Gasteiger partial charge in [-0.05, 0) is 31.1 Å². The Labute approximate surface area is 68.7 Å². The molecule has 1 aliphatic rings. The van der Waals surface area contributed by atoms with Crippen LogP contribution in [-0.4, -0.2) is 5.84 Å². The zero-order valence-electron chi connectivity index (χ0n) is 7.43. The van der Waals surface area contributed by atoms with E-state index in [1.807, 2.05) is 0 Å². The summed E-state index contributed by atoms with van der Waals surface area (Å²) in [6.45, 7) is 4.56. The molecule has 0 saturated heterocycles. The van der Waals surface area contributed by atoms with Crippen LogP contribution in [0, 0.1) is 23.2 Å². The molecule has 0 aliphatic heterocycles. The third-order valence-corrected chi connectivity index (χ3v) is 3.04. The van der Waals surface area contributed by atoms with Crippen molar-refractivity contribution in [3.8, 4) is 0 Å². The van der Waals surface area contributed by atoms with Crippen molar-refractivity contribution >= 4 is 5.84 Å². The predicted molar refractivity (Wildman–Crippen MR) is 47.6 cm³/mol. The Morgan fingerprint density at radius 2 is 1.91 bits per heavy atom. The van der Waals surface area contributed by atoms with Gasteiger partial charge in [0.25, 0.3) is 0 Å². The van der Waals surface area contributed by atoms with E-state index >= 15 is 0 Å². The van der Waals surface area contributed by atoms with Crippen LogP contribution < -0.4 is 5.73 Å². The molecule has 0 aromatic rings. The molecule has 0 aromatic carbocycles. The van der Waals surface area contributed by atoms with Gasteiger partial charge in [0.05, 0.1) is 5.84 Å². The molecule has 2 heteroatoms. The molecule has 3 unspecified atom stereocenters. The molecule has 0 aromatic heterocycles. The number of hydrogen-bond acceptors (Lipinski definition) is 1. The first-order valence-electron chi connectivity index (χ1n) is 4.45. The molecule has 0 radical (unpaired) electrons. The average molecular weight is 154 g/mol. The molecule has 2 nitrogen and oxygen atoms in total. The quantitative estimate of drug-likeness (QED) is 0.440. The summed E-state index contributed by atoms with van der Waals surface area (Å²) in [6, 6.07) is 0. The largest absolute Gasteiger partial charge is 0.387 e. The molecular formula is C9H18N2. The predicted octanol–water partition coefficient (Wildman–Crippen LogP) is 1.99. The number of nitrogens with two attached hydrogens (primary N) is 1. The monoisotopic (exact) mass is 154 g/mol. The van der Waals surface area contributed by atoms with Crippen molar-refractivity contribution in [3.05, 3.63) is 0 Å². The Kier molecular flexibility index (Phi) is 2.53. The Balaban J connectivity index is 2.46. The number of hydrogen-bond donors (Lipinski definition) is 2. The van der Waals surface area contributed by atoms with Crippen LogP contribution in [0.5, 0.6) is 0 Å². The van der Waals surface area contributed by atoms with Crippen LogP contribution >= 0.6 is 0 Å². The van der Waals surface area contributed by atoms with Crippen molar-refractivity contribution < 1.29 is 0 Å². The van der Waals surface area contributed by atoms with Crippen molar-refractivity contribution in [2.45, 2.75) is 33.1 Å². The van der Waals surface area contributed by atoms with Gasteiger partial charge in [0.1, 0.15) is 0 Å². The molecule has 1 fully saturated rings. The van der Waals surface area contributed by atoms with E-state index in [0.29, 0.717) is 11.8 Å². The van der Waals surface area contributed by atoms with E-state index in [1.54, 1.807) is 0 Å². The van der Waals surface area contributed by atoms with Gasteiger partial charge in [-0.15, -0.1) is 0 Å². The first-order chi connectivity index (χ1) is 5.11. The van der Waals surface area contributed by atoms with E-state index in [1.165, 1.54) is 6.42 Å². The molecule has 11 heavy (non-hydrogen) atoms. The highest BCUT2D eigenvalue weighted by atomic mass is 14.7. The summed E-state index contributed by atoms with van der Waals surface area (Å²) in [6.07, 6.45) is 3.49. The van der Waals surface area contributed by atoms with Gasteiger partial charge in [0.15, 0.2) is 0 Å². The second kappa shape index (κ2) is 3.24. The van der Waals surface area contributed by atoms with Crippen LogP contribution in [0.4, 0.5) is 0 Å². The zero-order chi connectivity index (χ0) is 8.43. The van der Waals surface area contributed by atoms with E-state index in [9.17, 15) is 0 Å². The Morgan fingerprint density at radius 1 is 1.27 bits per heavy atom. The molecule has 1 rings (SSSR count). The van der Waals surface area contributed by atoms with Crippen LogP contribution in [0.3, 0.4) is 0 Å². The van der Waals surface area contributed by atoms with Gasteiger partial charge in [-0.3, -0.25) is 5.41 Å². The fourth-order valence-electron chi connectivity index (χ4n) is 1.83. The summed E-state index contributed by atoms with van der Waals surface area (Å²) in [5.41, 5.74) is 5.46. The SMILES string of the molecule is CC1CCC(C(=N)N)CC1C. The van der Waals surface area contributed by atoms with E-state index in [0.717, 1.165) is 24.7 Å². The van der Waals surface area contributed by atoms with Gasteiger partial charge < -0.3 is 5.73 Å². The lowest BCUT2D eigenvalue weighted by atomic mass is 9.75. The molecule has 1 saturated carbocycles. The maximum Gasteiger partial charge on any atom is 0.0937 e. The Bertz CT molecular complexity index is 154. The van der Waals surface area contributed by atoms with Crippen molar-refractivity contribution in [1.82, 2.24) is 0 Å². The third-order valence-electron chi connectivity index (χ3n) is 3.04. The van der Waals surface area contributed by atoms with Gasteiger partial charge in [-0.1, -0.05) is 13.8 Å². The highest BCUT2D eigenvalue weighted by Crippen LogP contribution is 2.32. The maximum absolute atomic E-state index is 7.32. The number of nitrogens with one attached hydrogen (secondary N) is 1. The molecule has 3 N–H and O–H groups in total. The van der Waals surface area contributed by atoms with Gasteiger partial charge in [0, 0.05) is 5.92 Å². The highest BCUT2D eigenvalue weighted by Gasteiger charge is 2.25. The van der Waals surface area contributed by atoms with Crippen LogP contribution in [0.2, 0.25) is 0 Å². The smallest absolute Gasteiger partial charge is 0.0937 e. The standard InChI is InChI=1S/C9H18N2/c1-6-3-4-8(9(10)11)5-7(6)2/h6-8H,3-5H2,1-2H3,(H3,10,11). The number of rotatable bonds is 1. The summed E-state index contributed by atoms with van der Waals surface area (Å²) in [7, 11) is 0. The number of amidine groups is 1. The van der Waals surface area contributed by atoms with Gasteiger partial charge in [-0.2, -0.15) is 0 Å². The van der Waals surface area contributed by atoms with Crippen LogP contribution in [0.15, 0.2) is 0 Å². The van der Waals surface area contributed by atoms with Gasteiger partial charge in [-0.25, -0.2) is 0 Å². The Morgan fingerprint density at radius 3 is 2.36 bits per heavy atom. The van der Waals surface area contributed by atoms with Crippen molar-refractivity contribution in [3.63, 3.8) is 0 Å². The van der Waals surface area contributed by atoms with Crippen molar-refractivity contribution in [2.75, 3.05) is 0 Å². The summed E-state index contributed by atoms with van der Waals surface area (Å²) < 4.78 is 0. The average Bonchev–Trinajstić information content (AvgIpc) is 1.94. The minimum Gasteiger partial charge on any atom is -0.387 e. The summed E-state index contributed by atoms with van der Waals surface area (Å²) >= 11 is 0. The lowest BCUT2D eigenvalue weighted by molar-refractivity contribution is 0.245. The fourth-order valence-corrected chi connectivity index (χ4v) is 1.83. The molecule has 3 atom stereocenters. The van der Waals surface area contributed by atoms with Gasteiger partial charge in [0.2, 0.25) is 0 Å². The normalized spacial score (nSPS) is 38.5. The molecule has 0 heterocycles. The maximum atomic E-state index is 7.32. The van der Waals surface area contributed by atoms with Gasteiger partial charge >= 0.3 is 0 Å². The van der Waals surface area contributed by atoms with Crippen LogP contribution in [0.1, 0.15) is 33.1 Å². The second-order valence-corrected chi connectivity index (χ2v) is 3.92. The fraction of sp³-hybridized carbons (Fsp3) is 0.889. The minimum absolute atomic E-state index is 0.376. The molecule has 0 bridgehead atoms. The summed E-state index contributed by atoms with van der Waals surface area (Å²) in [5.74, 6) is 2.34.